The van der Waals surface area contributed by atoms with Gasteiger partial charge in [0, 0.05) is 6.54 Å². The average Bonchev–Trinajstić information content (AvgIpc) is 3.33. The number of ether oxygens (including phenoxy) is 3. The Morgan fingerprint density at radius 1 is 0.946 bits per heavy atom. The van der Waals surface area contributed by atoms with E-state index in [0.717, 1.165) is 17.3 Å². The third-order valence-corrected chi connectivity index (χ3v) is 7.46. The Balaban J connectivity index is 1.38. The molecule has 12 heteroatoms. The highest BCUT2D eigenvalue weighted by Gasteiger charge is 2.19. The minimum atomic E-state index is -3.90. The molecule has 0 saturated heterocycles. The van der Waals surface area contributed by atoms with Crippen molar-refractivity contribution < 1.29 is 31.8 Å². The Hall–Kier alpha value is -3.90. The van der Waals surface area contributed by atoms with E-state index >= 15 is 0 Å². The molecule has 3 aromatic carbocycles. The molecule has 1 aromatic heterocycles. The number of para-hydroxylation sites is 2. The van der Waals surface area contributed by atoms with Crippen LogP contribution in [0.15, 0.2) is 75.2 Å². The van der Waals surface area contributed by atoms with Gasteiger partial charge in [0.1, 0.15) is 11.3 Å². The quantitative estimate of drug-likeness (QED) is 0.269. The average molecular weight is 544 g/mol. The van der Waals surface area contributed by atoms with Gasteiger partial charge in [-0.05, 0) is 48.0 Å². The van der Waals surface area contributed by atoms with E-state index in [1.807, 2.05) is 6.07 Å². The first-order valence-corrected chi connectivity index (χ1v) is 13.5. The smallest absolute Gasteiger partial charge is 0.262 e. The number of nitrogens with zero attached hydrogens (tertiary/aromatic N) is 1. The van der Waals surface area contributed by atoms with Crippen LogP contribution >= 0.6 is 11.8 Å². The number of carbonyl (C=O) groups is 1. The molecule has 1 heterocycles. The van der Waals surface area contributed by atoms with Gasteiger partial charge in [-0.25, -0.2) is 13.4 Å². The van der Waals surface area contributed by atoms with Crippen LogP contribution in [0.1, 0.15) is 5.56 Å². The van der Waals surface area contributed by atoms with Crippen molar-refractivity contribution in [3.05, 3.63) is 66.2 Å². The summed E-state index contributed by atoms with van der Waals surface area (Å²) < 4.78 is 49.7. The molecule has 37 heavy (non-hydrogen) atoms. The Kier molecular flexibility index (Phi) is 8.09. The molecule has 194 valence electrons. The van der Waals surface area contributed by atoms with Crippen LogP contribution in [0.5, 0.6) is 17.2 Å². The fourth-order valence-corrected chi connectivity index (χ4v) is 5.18. The molecule has 0 aliphatic carbocycles. The van der Waals surface area contributed by atoms with Crippen molar-refractivity contribution in [2.45, 2.75) is 16.7 Å². The first-order valence-electron chi connectivity index (χ1n) is 11.0. The Labute approximate surface area is 218 Å². The van der Waals surface area contributed by atoms with E-state index in [-0.39, 0.29) is 21.8 Å². The lowest BCUT2D eigenvalue weighted by atomic mass is 10.2. The molecule has 0 atom stereocenters. The largest absolute Gasteiger partial charge is 0.495 e. The number of aromatic nitrogens is 1. The number of hydrogen-bond donors (Lipinski definition) is 2. The van der Waals surface area contributed by atoms with Gasteiger partial charge >= 0.3 is 0 Å². The third-order valence-electron chi connectivity index (χ3n) is 5.27. The number of amides is 1. The van der Waals surface area contributed by atoms with Crippen molar-refractivity contribution in [2.75, 3.05) is 31.8 Å². The summed E-state index contributed by atoms with van der Waals surface area (Å²) >= 11 is 1.11. The standard InChI is InChI=1S/C25H25N3O7S2/c1-32-20-7-5-4-6-18(20)28-37(30,31)17-9-11-21-19(13-17)27-25(35-21)36-15-24(29)26-14-16-8-10-22(33-2)23(12-16)34-3/h4-13,28H,14-15H2,1-3H3,(H,26,29). The first-order chi connectivity index (χ1) is 17.8. The van der Waals surface area contributed by atoms with Crippen molar-refractivity contribution in [1.82, 2.24) is 10.3 Å². The summed E-state index contributed by atoms with van der Waals surface area (Å²) in [5, 5.41) is 3.08. The maximum absolute atomic E-state index is 12.9. The predicted octanol–water partition coefficient (Wildman–Crippen LogP) is 4.06. The molecule has 0 radical (unpaired) electrons. The summed E-state index contributed by atoms with van der Waals surface area (Å²) in [5.41, 5.74) is 1.94. The number of benzene rings is 3. The van der Waals surface area contributed by atoms with E-state index < -0.39 is 10.0 Å². The van der Waals surface area contributed by atoms with E-state index in [1.54, 1.807) is 50.6 Å². The van der Waals surface area contributed by atoms with Gasteiger partial charge in [0.05, 0.1) is 37.7 Å². The monoisotopic (exact) mass is 543 g/mol. The van der Waals surface area contributed by atoms with Gasteiger partial charge in [-0.3, -0.25) is 9.52 Å². The Morgan fingerprint density at radius 2 is 1.70 bits per heavy atom. The molecule has 0 aliphatic rings. The van der Waals surface area contributed by atoms with Crippen LogP contribution in [-0.4, -0.2) is 46.4 Å². The van der Waals surface area contributed by atoms with E-state index in [9.17, 15) is 13.2 Å². The second-order valence-corrected chi connectivity index (χ2v) is 10.3. The molecule has 4 rings (SSSR count). The van der Waals surface area contributed by atoms with Gasteiger partial charge < -0.3 is 23.9 Å². The number of nitrogens with one attached hydrogen (secondary N) is 2. The second-order valence-electron chi connectivity index (χ2n) is 7.67. The zero-order valence-corrected chi connectivity index (χ0v) is 21.9. The Bertz CT molecular complexity index is 1520. The van der Waals surface area contributed by atoms with Gasteiger partial charge in [0.2, 0.25) is 5.91 Å². The highest BCUT2D eigenvalue weighted by Crippen LogP contribution is 2.29. The van der Waals surface area contributed by atoms with Gasteiger partial charge in [-0.1, -0.05) is 30.0 Å². The van der Waals surface area contributed by atoms with Crippen molar-refractivity contribution >= 4 is 44.5 Å². The SMILES string of the molecule is COc1ccccc1NS(=O)(=O)c1ccc2oc(SCC(=O)NCc3ccc(OC)c(OC)c3)nc2c1. The van der Waals surface area contributed by atoms with Crippen molar-refractivity contribution in [3.8, 4) is 17.2 Å². The molecule has 0 bridgehead atoms. The fraction of sp³-hybridized carbons (Fsp3) is 0.200. The summed E-state index contributed by atoms with van der Waals surface area (Å²) in [6, 6.07) is 16.5. The van der Waals surface area contributed by atoms with E-state index in [0.29, 0.717) is 40.6 Å². The molecular formula is C25H25N3O7S2. The molecule has 0 fully saturated rings. The van der Waals surface area contributed by atoms with Gasteiger partial charge in [0.25, 0.3) is 15.2 Å². The molecule has 2 N–H and O–H groups in total. The summed E-state index contributed by atoms with van der Waals surface area (Å²) in [6.07, 6.45) is 0. The van der Waals surface area contributed by atoms with Gasteiger partial charge in [0.15, 0.2) is 17.1 Å². The van der Waals surface area contributed by atoms with Gasteiger partial charge in [-0.2, -0.15) is 0 Å². The van der Waals surface area contributed by atoms with Crippen LogP contribution in [-0.2, 0) is 21.4 Å². The molecule has 0 aliphatic heterocycles. The molecule has 1 amide bonds. The van der Waals surface area contributed by atoms with E-state index in [4.69, 9.17) is 18.6 Å². The predicted molar refractivity (Wildman–Crippen MR) is 140 cm³/mol. The lowest BCUT2D eigenvalue weighted by Crippen LogP contribution is -2.24. The number of sulfonamides is 1. The summed E-state index contributed by atoms with van der Waals surface area (Å²) in [5.74, 6) is 1.44. The van der Waals surface area contributed by atoms with Crippen LogP contribution in [0.4, 0.5) is 5.69 Å². The second kappa shape index (κ2) is 11.4. The Morgan fingerprint density at radius 3 is 2.46 bits per heavy atom. The fourth-order valence-electron chi connectivity index (χ4n) is 3.42. The molecule has 0 saturated carbocycles. The maximum atomic E-state index is 12.9. The molecule has 0 spiro atoms. The lowest BCUT2D eigenvalue weighted by Gasteiger charge is -2.11. The third kappa shape index (κ3) is 6.27. The van der Waals surface area contributed by atoms with Crippen molar-refractivity contribution in [2.24, 2.45) is 0 Å². The molecule has 0 unspecified atom stereocenters. The highest BCUT2D eigenvalue weighted by atomic mass is 32.2. The zero-order valence-electron chi connectivity index (χ0n) is 20.3. The van der Waals surface area contributed by atoms with Crippen LogP contribution in [0.2, 0.25) is 0 Å². The number of oxazole rings is 1. The van der Waals surface area contributed by atoms with Crippen LogP contribution in [0.25, 0.3) is 11.1 Å². The number of fused-ring (bicyclic) bond motifs is 1. The summed E-state index contributed by atoms with van der Waals surface area (Å²) in [4.78, 5) is 16.7. The topological polar surface area (TPSA) is 129 Å². The van der Waals surface area contributed by atoms with Gasteiger partial charge in [-0.15, -0.1) is 0 Å². The number of carbonyl (C=O) groups excluding carboxylic acids is 1. The zero-order chi connectivity index (χ0) is 26.4. The van der Waals surface area contributed by atoms with Crippen LogP contribution < -0.4 is 24.2 Å². The van der Waals surface area contributed by atoms with E-state index in [2.05, 4.69) is 15.0 Å². The minimum Gasteiger partial charge on any atom is -0.495 e. The number of thioether (sulfide) groups is 1. The molecular weight excluding hydrogens is 518 g/mol. The number of methoxy groups -OCH3 is 3. The van der Waals surface area contributed by atoms with Crippen molar-refractivity contribution in [1.29, 1.82) is 0 Å². The summed E-state index contributed by atoms with van der Waals surface area (Å²) in [7, 11) is 0.671. The number of anilines is 1. The summed E-state index contributed by atoms with van der Waals surface area (Å²) in [6.45, 7) is 0.313. The number of hydrogen-bond acceptors (Lipinski definition) is 9. The maximum Gasteiger partial charge on any atom is 0.262 e. The van der Waals surface area contributed by atoms with Crippen molar-refractivity contribution in [3.63, 3.8) is 0 Å². The van der Waals surface area contributed by atoms with Crippen LogP contribution in [0, 0.1) is 0 Å². The number of rotatable bonds is 11. The molecule has 10 nitrogen and oxygen atoms in total. The van der Waals surface area contributed by atoms with Crippen LogP contribution in [0.3, 0.4) is 0 Å². The first kappa shape index (κ1) is 26.2. The highest BCUT2D eigenvalue weighted by molar-refractivity contribution is 7.99. The lowest BCUT2D eigenvalue weighted by molar-refractivity contribution is -0.118. The van der Waals surface area contributed by atoms with E-state index in [1.165, 1.54) is 25.3 Å². The normalized spacial score (nSPS) is 11.2. The minimum absolute atomic E-state index is 0.0171. The molecule has 4 aromatic rings.